The monoisotopic (exact) mass is 377 g/mol. The van der Waals surface area contributed by atoms with Crippen molar-refractivity contribution in [1.29, 1.82) is 0 Å². The third-order valence-electron chi connectivity index (χ3n) is 3.68. The van der Waals surface area contributed by atoms with Crippen molar-refractivity contribution in [3.05, 3.63) is 46.3 Å². The first-order valence-electron chi connectivity index (χ1n) is 8.27. The highest BCUT2D eigenvalue weighted by Crippen LogP contribution is 2.33. The van der Waals surface area contributed by atoms with E-state index in [0.717, 1.165) is 22.6 Å². The molecule has 1 aromatic heterocycles. The van der Waals surface area contributed by atoms with Crippen LogP contribution >= 0.6 is 23.1 Å². The van der Waals surface area contributed by atoms with Gasteiger partial charge in [-0.3, -0.25) is 4.79 Å². The number of ether oxygens (including phenoxy) is 1. The molecule has 0 fully saturated rings. The lowest BCUT2D eigenvalue weighted by atomic mass is 10.1. The first kappa shape index (κ1) is 19.5. The molecule has 0 saturated heterocycles. The van der Waals surface area contributed by atoms with Gasteiger partial charge in [0.15, 0.2) is 0 Å². The van der Waals surface area contributed by atoms with E-state index in [1.54, 1.807) is 18.7 Å². The van der Waals surface area contributed by atoms with E-state index >= 15 is 0 Å². The summed E-state index contributed by atoms with van der Waals surface area (Å²) in [6.07, 6.45) is 1.21. The maximum absolute atomic E-state index is 12.2. The van der Waals surface area contributed by atoms with Crippen LogP contribution in [0, 0.1) is 13.8 Å². The van der Waals surface area contributed by atoms with E-state index in [1.807, 2.05) is 32.0 Å². The predicted octanol–water partition coefficient (Wildman–Crippen LogP) is 5.05. The summed E-state index contributed by atoms with van der Waals surface area (Å²) in [6, 6.07) is 10.1. The summed E-state index contributed by atoms with van der Waals surface area (Å²) >= 11 is 3.16. The summed E-state index contributed by atoms with van der Waals surface area (Å²) in [5, 5.41) is 3.47. The maximum Gasteiger partial charge on any atom is 0.341 e. The average molecular weight is 378 g/mol. The molecule has 0 aliphatic carbocycles. The zero-order valence-electron chi connectivity index (χ0n) is 14.8. The molecule has 0 radical (unpaired) electrons. The molecular formula is C19H23NO3S2. The van der Waals surface area contributed by atoms with Crippen molar-refractivity contribution < 1.29 is 14.3 Å². The highest BCUT2D eigenvalue weighted by molar-refractivity contribution is 7.99. The van der Waals surface area contributed by atoms with Crippen molar-refractivity contribution in [2.24, 2.45) is 0 Å². The lowest BCUT2D eigenvalue weighted by molar-refractivity contribution is -0.116. The Morgan fingerprint density at radius 3 is 2.60 bits per heavy atom. The number of carbonyl (C=O) groups is 2. The summed E-state index contributed by atoms with van der Waals surface area (Å²) in [7, 11) is 0. The Morgan fingerprint density at radius 2 is 1.92 bits per heavy atom. The second kappa shape index (κ2) is 9.63. The summed E-state index contributed by atoms with van der Waals surface area (Å²) < 4.78 is 5.10. The van der Waals surface area contributed by atoms with Gasteiger partial charge in [0, 0.05) is 16.2 Å². The van der Waals surface area contributed by atoms with E-state index in [2.05, 4.69) is 17.4 Å². The molecule has 1 N–H and O–H groups in total. The molecule has 2 rings (SSSR count). The Balaban J connectivity index is 1.88. The molecule has 1 aromatic carbocycles. The number of aryl methyl sites for hydroxylation is 1. The SMILES string of the molecule is CCOC(=O)c1c(NC(=O)CCCSc2ccccc2)sc(C)c1C. The van der Waals surface area contributed by atoms with Crippen LogP contribution in [-0.4, -0.2) is 24.2 Å². The lowest BCUT2D eigenvalue weighted by Crippen LogP contribution is -2.14. The Morgan fingerprint density at radius 1 is 1.20 bits per heavy atom. The largest absolute Gasteiger partial charge is 0.462 e. The van der Waals surface area contributed by atoms with E-state index in [4.69, 9.17) is 4.74 Å². The van der Waals surface area contributed by atoms with Crippen LogP contribution in [0.5, 0.6) is 0 Å². The smallest absolute Gasteiger partial charge is 0.341 e. The number of anilines is 1. The highest BCUT2D eigenvalue weighted by atomic mass is 32.2. The fraction of sp³-hybridized carbons (Fsp3) is 0.368. The molecule has 25 heavy (non-hydrogen) atoms. The van der Waals surface area contributed by atoms with Gasteiger partial charge in [0.05, 0.1) is 12.2 Å². The molecule has 1 heterocycles. The highest BCUT2D eigenvalue weighted by Gasteiger charge is 2.21. The Kier molecular flexibility index (Phi) is 7.52. The van der Waals surface area contributed by atoms with Crippen LogP contribution < -0.4 is 5.32 Å². The van der Waals surface area contributed by atoms with Gasteiger partial charge in [-0.25, -0.2) is 4.79 Å². The summed E-state index contributed by atoms with van der Waals surface area (Å²) in [5.41, 5.74) is 1.36. The van der Waals surface area contributed by atoms with Gasteiger partial charge in [-0.15, -0.1) is 23.1 Å². The first-order chi connectivity index (χ1) is 12.0. The van der Waals surface area contributed by atoms with Crippen molar-refractivity contribution in [3.8, 4) is 0 Å². The van der Waals surface area contributed by atoms with Gasteiger partial charge >= 0.3 is 5.97 Å². The standard InChI is InChI=1S/C19H23NO3S2/c1-4-23-19(22)17-13(2)14(3)25-18(17)20-16(21)11-8-12-24-15-9-6-5-7-10-15/h5-7,9-10H,4,8,11-12H2,1-3H3,(H,20,21). The lowest BCUT2D eigenvalue weighted by Gasteiger charge is -2.07. The zero-order chi connectivity index (χ0) is 18.2. The molecule has 134 valence electrons. The maximum atomic E-state index is 12.2. The van der Waals surface area contributed by atoms with Crippen LogP contribution in [0.3, 0.4) is 0 Å². The second-order valence-electron chi connectivity index (χ2n) is 5.52. The number of rotatable bonds is 8. The normalized spacial score (nSPS) is 10.5. The molecule has 6 heteroatoms. The first-order valence-corrected chi connectivity index (χ1v) is 10.1. The van der Waals surface area contributed by atoms with Crippen molar-refractivity contribution >= 4 is 40.0 Å². The van der Waals surface area contributed by atoms with Gasteiger partial charge in [-0.05, 0) is 50.6 Å². The molecule has 0 saturated carbocycles. The van der Waals surface area contributed by atoms with Crippen molar-refractivity contribution in [2.75, 3.05) is 17.7 Å². The fourth-order valence-electron chi connectivity index (χ4n) is 2.29. The molecule has 1 amide bonds. The minimum Gasteiger partial charge on any atom is -0.462 e. The quantitative estimate of drug-likeness (QED) is 0.397. The van der Waals surface area contributed by atoms with Crippen LogP contribution in [0.4, 0.5) is 5.00 Å². The summed E-state index contributed by atoms with van der Waals surface area (Å²) in [6.45, 7) is 5.91. The van der Waals surface area contributed by atoms with E-state index in [9.17, 15) is 9.59 Å². The number of thiophene rings is 1. The van der Waals surface area contributed by atoms with Gasteiger partial charge in [-0.1, -0.05) is 18.2 Å². The Labute approximate surface area is 157 Å². The van der Waals surface area contributed by atoms with Gasteiger partial charge in [0.2, 0.25) is 5.91 Å². The van der Waals surface area contributed by atoms with E-state index in [-0.39, 0.29) is 11.9 Å². The molecule has 2 aromatic rings. The van der Waals surface area contributed by atoms with Gasteiger partial charge in [0.1, 0.15) is 5.00 Å². The topological polar surface area (TPSA) is 55.4 Å². The number of hydrogen-bond acceptors (Lipinski definition) is 5. The number of hydrogen-bond donors (Lipinski definition) is 1. The van der Waals surface area contributed by atoms with Crippen LogP contribution in [0.25, 0.3) is 0 Å². The minimum atomic E-state index is -0.376. The Bertz CT molecular complexity index is 726. The number of amides is 1. The van der Waals surface area contributed by atoms with Crippen LogP contribution in [-0.2, 0) is 9.53 Å². The van der Waals surface area contributed by atoms with E-state index in [1.165, 1.54) is 16.2 Å². The number of carbonyl (C=O) groups excluding carboxylic acids is 2. The molecule has 4 nitrogen and oxygen atoms in total. The van der Waals surface area contributed by atoms with Gasteiger partial charge in [-0.2, -0.15) is 0 Å². The van der Waals surface area contributed by atoms with Crippen molar-refractivity contribution in [3.63, 3.8) is 0 Å². The van der Waals surface area contributed by atoms with Gasteiger partial charge in [0.25, 0.3) is 0 Å². The summed E-state index contributed by atoms with van der Waals surface area (Å²) in [4.78, 5) is 26.6. The summed E-state index contributed by atoms with van der Waals surface area (Å²) in [5.74, 6) is 0.435. The molecule has 0 aliphatic rings. The van der Waals surface area contributed by atoms with Crippen molar-refractivity contribution in [1.82, 2.24) is 0 Å². The number of esters is 1. The Hall–Kier alpha value is -1.79. The average Bonchev–Trinajstić information content (AvgIpc) is 2.87. The zero-order valence-corrected chi connectivity index (χ0v) is 16.4. The van der Waals surface area contributed by atoms with Crippen LogP contribution in [0.15, 0.2) is 35.2 Å². The minimum absolute atomic E-state index is 0.0690. The molecule has 0 unspecified atom stereocenters. The number of benzene rings is 1. The molecule has 0 spiro atoms. The molecule has 0 aliphatic heterocycles. The fourth-order valence-corrected chi connectivity index (χ4v) is 4.23. The van der Waals surface area contributed by atoms with E-state index < -0.39 is 0 Å². The molecule has 0 atom stereocenters. The number of nitrogens with one attached hydrogen (secondary N) is 1. The second-order valence-corrected chi connectivity index (χ2v) is 7.91. The molecule has 0 bridgehead atoms. The third kappa shape index (κ3) is 5.61. The van der Waals surface area contributed by atoms with Crippen LogP contribution in [0.1, 0.15) is 40.6 Å². The van der Waals surface area contributed by atoms with Crippen molar-refractivity contribution in [2.45, 2.75) is 38.5 Å². The predicted molar refractivity (Wildman–Crippen MR) is 105 cm³/mol. The molecular weight excluding hydrogens is 354 g/mol. The number of thioether (sulfide) groups is 1. The van der Waals surface area contributed by atoms with E-state index in [0.29, 0.717) is 23.6 Å². The third-order valence-corrected chi connectivity index (χ3v) is 5.90. The van der Waals surface area contributed by atoms with Crippen LogP contribution in [0.2, 0.25) is 0 Å². The van der Waals surface area contributed by atoms with Gasteiger partial charge < -0.3 is 10.1 Å².